The SMILES string of the molecule is COc1cc(/C=C(\C#N)c2nnc3n2CCCCC3)ccc1OCc1cccs1. The Balaban J connectivity index is 1.59. The van der Waals surface area contributed by atoms with Crippen molar-refractivity contribution in [2.24, 2.45) is 0 Å². The number of nitriles is 1. The Morgan fingerprint density at radius 2 is 2.17 bits per heavy atom. The van der Waals surface area contributed by atoms with Crippen molar-refractivity contribution in [3.05, 3.63) is 57.8 Å². The molecule has 0 atom stereocenters. The molecule has 0 fully saturated rings. The Kier molecular flexibility index (Phi) is 5.92. The van der Waals surface area contributed by atoms with Crippen molar-refractivity contribution in [2.45, 2.75) is 38.8 Å². The molecular formula is C22H22N4O2S. The Hall–Kier alpha value is -3.11. The number of hydrogen-bond acceptors (Lipinski definition) is 6. The topological polar surface area (TPSA) is 73.0 Å². The fraction of sp³-hybridized carbons (Fsp3) is 0.318. The minimum atomic E-state index is 0.499. The van der Waals surface area contributed by atoms with Crippen LogP contribution in [0.25, 0.3) is 11.6 Å². The highest BCUT2D eigenvalue weighted by atomic mass is 32.1. The molecule has 7 heteroatoms. The molecule has 0 spiro atoms. The van der Waals surface area contributed by atoms with Crippen molar-refractivity contribution >= 4 is 23.0 Å². The van der Waals surface area contributed by atoms with Gasteiger partial charge in [-0.25, -0.2) is 0 Å². The summed E-state index contributed by atoms with van der Waals surface area (Å²) in [6, 6.07) is 12.0. The van der Waals surface area contributed by atoms with E-state index in [-0.39, 0.29) is 0 Å². The number of aryl methyl sites for hydroxylation is 1. The van der Waals surface area contributed by atoms with Gasteiger partial charge >= 0.3 is 0 Å². The lowest BCUT2D eigenvalue weighted by molar-refractivity contribution is 0.287. The van der Waals surface area contributed by atoms with E-state index >= 15 is 0 Å². The van der Waals surface area contributed by atoms with Crippen molar-refractivity contribution in [2.75, 3.05) is 7.11 Å². The Morgan fingerprint density at radius 1 is 1.24 bits per heavy atom. The largest absolute Gasteiger partial charge is 0.493 e. The van der Waals surface area contributed by atoms with Crippen LogP contribution in [0, 0.1) is 11.3 Å². The third kappa shape index (κ3) is 4.33. The van der Waals surface area contributed by atoms with Crippen LogP contribution >= 0.6 is 11.3 Å². The van der Waals surface area contributed by atoms with Gasteiger partial charge in [0.1, 0.15) is 18.5 Å². The monoisotopic (exact) mass is 406 g/mol. The second-order valence-electron chi connectivity index (χ2n) is 6.85. The summed E-state index contributed by atoms with van der Waals surface area (Å²) in [7, 11) is 1.62. The minimum Gasteiger partial charge on any atom is -0.493 e. The number of aromatic nitrogens is 3. The summed E-state index contributed by atoms with van der Waals surface area (Å²) in [6.07, 6.45) is 6.12. The Labute approximate surface area is 174 Å². The molecule has 148 valence electrons. The molecule has 3 heterocycles. The normalized spacial score (nSPS) is 14.0. The molecule has 0 aliphatic carbocycles. The van der Waals surface area contributed by atoms with E-state index in [0.717, 1.165) is 42.1 Å². The molecule has 1 aliphatic heterocycles. The van der Waals surface area contributed by atoms with Gasteiger partial charge in [0, 0.05) is 17.8 Å². The number of thiophene rings is 1. The first kappa shape index (κ1) is 19.2. The molecule has 0 amide bonds. The number of benzene rings is 1. The Morgan fingerprint density at radius 3 is 2.97 bits per heavy atom. The van der Waals surface area contributed by atoms with Gasteiger partial charge < -0.3 is 14.0 Å². The van der Waals surface area contributed by atoms with Crippen molar-refractivity contribution < 1.29 is 9.47 Å². The van der Waals surface area contributed by atoms with E-state index in [1.165, 1.54) is 6.42 Å². The van der Waals surface area contributed by atoms with E-state index in [0.29, 0.717) is 29.5 Å². The molecule has 0 N–H and O–H groups in total. The van der Waals surface area contributed by atoms with Gasteiger partial charge in [-0.15, -0.1) is 21.5 Å². The predicted molar refractivity (Wildman–Crippen MR) is 113 cm³/mol. The lowest BCUT2D eigenvalue weighted by Crippen LogP contribution is -2.05. The molecule has 6 nitrogen and oxygen atoms in total. The number of allylic oxidation sites excluding steroid dienone is 1. The molecule has 29 heavy (non-hydrogen) atoms. The van der Waals surface area contributed by atoms with E-state index in [2.05, 4.69) is 20.8 Å². The highest BCUT2D eigenvalue weighted by Gasteiger charge is 2.18. The summed E-state index contributed by atoms with van der Waals surface area (Å²) >= 11 is 1.65. The highest BCUT2D eigenvalue weighted by Crippen LogP contribution is 2.31. The second kappa shape index (κ2) is 8.93. The molecule has 1 aliphatic rings. The number of hydrogen-bond donors (Lipinski definition) is 0. The number of fused-ring (bicyclic) bond motifs is 1. The highest BCUT2D eigenvalue weighted by molar-refractivity contribution is 7.09. The van der Waals surface area contributed by atoms with E-state index in [4.69, 9.17) is 9.47 Å². The molecule has 0 bridgehead atoms. The van der Waals surface area contributed by atoms with Crippen LogP contribution in [0.15, 0.2) is 35.7 Å². The summed E-state index contributed by atoms with van der Waals surface area (Å²) in [5.41, 5.74) is 1.35. The van der Waals surface area contributed by atoms with Crippen molar-refractivity contribution in [1.29, 1.82) is 5.26 Å². The molecule has 2 aromatic heterocycles. The van der Waals surface area contributed by atoms with Gasteiger partial charge in [-0.2, -0.15) is 5.26 Å². The van der Waals surface area contributed by atoms with Gasteiger partial charge in [0.25, 0.3) is 0 Å². The van der Waals surface area contributed by atoms with Gasteiger partial charge in [-0.3, -0.25) is 0 Å². The van der Waals surface area contributed by atoms with Gasteiger partial charge in [0.05, 0.1) is 12.7 Å². The molecular weight excluding hydrogens is 384 g/mol. The fourth-order valence-electron chi connectivity index (χ4n) is 3.43. The predicted octanol–water partition coefficient (Wildman–Crippen LogP) is 4.72. The van der Waals surface area contributed by atoms with Crippen molar-refractivity contribution in [1.82, 2.24) is 14.8 Å². The third-order valence-electron chi connectivity index (χ3n) is 4.92. The number of rotatable bonds is 6. The molecule has 1 aromatic carbocycles. The molecule has 0 saturated heterocycles. The average Bonchev–Trinajstić information content (AvgIpc) is 3.35. The van der Waals surface area contributed by atoms with Crippen LogP contribution in [0.5, 0.6) is 11.5 Å². The van der Waals surface area contributed by atoms with E-state index in [9.17, 15) is 5.26 Å². The number of ether oxygens (including phenoxy) is 2. The van der Waals surface area contributed by atoms with Gasteiger partial charge in [0.15, 0.2) is 17.3 Å². The van der Waals surface area contributed by atoms with Crippen molar-refractivity contribution in [3.63, 3.8) is 0 Å². The zero-order chi connectivity index (χ0) is 20.1. The van der Waals surface area contributed by atoms with E-state index in [1.54, 1.807) is 18.4 Å². The summed E-state index contributed by atoms with van der Waals surface area (Å²) < 4.78 is 13.5. The molecule has 3 aromatic rings. The van der Waals surface area contributed by atoms with Crippen LogP contribution in [0.4, 0.5) is 0 Å². The quantitative estimate of drug-likeness (QED) is 0.554. The summed E-state index contributed by atoms with van der Waals surface area (Å²) in [5.74, 6) is 2.91. The van der Waals surface area contributed by atoms with Crippen LogP contribution in [-0.4, -0.2) is 21.9 Å². The van der Waals surface area contributed by atoms with Crippen LogP contribution in [0.3, 0.4) is 0 Å². The maximum atomic E-state index is 9.75. The lowest BCUT2D eigenvalue weighted by Gasteiger charge is -2.11. The molecule has 0 radical (unpaired) electrons. The molecule has 4 rings (SSSR count). The molecule has 0 saturated carbocycles. The van der Waals surface area contributed by atoms with Gasteiger partial charge in [-0.05, 0) is 48.1 Å². The Bertz CT molecular complexity index is 1050. The minimum absolute atomic E-state index is 0.499. The van der Waals surface area contributed by atoms with Crippen molar-refractivity contribution in [3.8, 4) is 17.6 Å². The first-order chi connectivity index (χ1) is 14.3. The first-order valence-corrected chi connectivity index (χ1v) is 10.5. The summed E-state index contributed by atoms with van der Waals surface area (Å²) in [4.78, 5) is 1.15. The maximum absolute atomic E-state index is 9.75. The maximum Gasteiger partial charge on any atom is 0.174 e. The van der Waals surface area contributed by atoms with Gasteiger partial charge in [-0.1, -0.05) is 18.6 Å². The van der Waals surface area contributed by atoms with Crippen LogP contribution in [0.2, 0.25) is 0 Å². The summed E-state index contributed by atoms with van der Waals surface area (Å²) in [5, 5.41) is 20.4. The lowest BCUT2D eigenvalue weighted by atomic mass is 10.1. The van der Waals surface area contributed by atoms with Crippen LogP contribution in [0.1, 0.15) is 41.4 Å². The molecule has 0 unspecified atom stereocenters. The first-order valence-electron chi connectivity index (χ1n) is 9.66. The van der Waals surface area contributed by atoms with Crippen LogP contribution < -0.4 is 9.47 Å². The zero-order valence-corrected chi connectivity index (χ0v) is 17.1. The van der Waals surface area contributed by atoms with E-state index < -0.39 is 0 Å². The van der Waals surface area contributed by atoms with Gasteiger partial charge in [0.2, 0.25) is 0 Å². The number of nitrogens with zero attached hydrogens (tertiary/aromatic N) is 4. The van der Waals surface area contributed by atoms with E-state index in [1.807, 2.05) is 41.8 Å². The zero-order valence-electron chi connectivity index (χ0n) is 16.3. The fourth-order valence-corrected chi connectivity index (χ4v) is 4.05. The standard InChI is InChI=1S/C22H22N4O2S/c1-27-20-13-16(8-9-19(20)28-15-18-6-5-11-29-18)12-17(14-23)22-25-24-21-7-3-2-4-10-26(21)22/h5-6,8-9,11-13H,2-4,7,10,15H2,1H3/b17-12+. The van der Waals surface area contributed by atoms with Crippen LogP contribution in [-0.2, 0) is 19.6 Å². The average molecular weight is 407 g/mol. The number of methoxy groups -OCH3 is 1. The summed E-state index contributed by atoms with van der Waals surface area (Å²) in [6.45, 7) is 1.36. The third-order valence-corrected chi connectivity index (χ3v) is 5.77. The smallest absolute Gasteiger partial charge is 0.174 e. The second-order valence-corrected chi connectivity index (χ2v) is 7.88.